The van der Waals surface area contributed by atoms with Gasteiger partial charge in [-0.05, 0) is 24.5 Å². The second kappa shape index (κ2) is 8.00. The molecule has 0 bridgehead atoms. The van der Waals surface area contributed by atoms with Gasteiger partial charge in [-0.1, -0.05) is 46.8 Å². The van der Waals surface area contributed by atoms with Crippen molar-refractivity contribution >= 4 is 17.5 Å². The van der Waals surface area contributed by atoms with Crippen LogP contribution in [0.1, 0.15) is 51.4 Å². The summed E-state index contributed by atoms with van der Waals surface area (Å²) in [6, 6.07) is 7.19. The third-order valence-corrected chi connectivity index (χ3v) is 4.18. The van der Waals surface area contributed by atoms with Crippen LogP contribution in [0.5, 0.6) is 0 Å². The standard InChI is InChI=1S/C20H30N2O3/c1-14(2)13-25-15-10-11-22(12-15)18(23)16-8-6-7-9-17(16)21-19(24)20(3,4)5/h6-9,14-15H,10-13H2,1-5H3,(H,21,24). The first kappa shape index (κ1) is 19.4. The van der Waals surface area contributed by atoms with Crippen molar-refractivity contribution in [3.8, 4) is 0 Å². The normalized spacial score (nSPS) is 17.8. The summed E-state index contributed by atoms with van der Waals surface area (Å²) in [5.41, 5.74) is 0.586. The predicted molar refractivity (Wildman–Crippen MR) is 99.6 cm³/mol. The molecule has 138 valence electrons. The van der Waals surface area contributed by atoms with Gasteiger partial charge in [-0.15, -0.1) is 0 Å². The summed E-state index contributed by atoms with van der Waals surface area (Å²) >= 11 is 0. The van der Waals surface area contributed by atoms with E-state index in [2.05, 4.69) is 19.2 Å². The largest absolute Gasteiger partial charge is 0.376 e. The highest BCUT2D eigenvalue weighted by Crippen LogP contribution is 2.24. The van der Waals surface area contributed by atoms with Gasteiger partial charge in [0.15, 0.2) is 0 Å². The van der Waals surface area contributed by atoms with Crippen molar-refractivity contribution in [2.24, 2.45) is 11.3 Å². The number of likely N-dealkylation sites (tertiary alicyclic amines) is 1. The lowest BCUT2D eigenvalue weighted by molar-refractivity contribution is -0.123. The monoisotopic (exact) mass is 346 g/mol. The van der Waals surface area contributed by atoms with Gasteiger partial charge in [0.25, 0.3) is 5.91 Å². The minimum atomic E-state index is -0.514. The average molecular weight is 346 g/mol. The Bertz CT molecular complexity index is 620. The van der Waals surface area contributed by atoms with E-state index in [9.17, 15) is 9.59 Å². The molecule has 0 spiro atoms. The van der Waals surface area contributed by atoms with Gasteiger partial charge in [0, 0.05) is 25.1 Å². The number of hydrogen-bond acceptors (Lipinski definition) is 3. The predicted octanol–water partition coefficient (Wildman–Crippen LogP) is 3.56. The van der Waals surface area contributed by atoms with Crippen LogP contribution in [0.2, 0.25) is 0 Å². The fourth-order valence-corrected chi connectivity index (χ4v) is 2.64. The fourth-order valence-electron chi connectivity index (χ4n) is 2.64. The van der Waals surface area contributed by atoms with Crippen molar-refractivity contribution in [3.63, 3.8) is 0 Å². The van der Waals surface area contributed by atoms with Crippen LogP contribution < -0.4 is 5.32 Å². The van der Waals surface area contributed by atoms with Crippen LogP contribution in [0, 0.1) is 11.3 Å². The van der Waals surface area contributed by atoms with E-state index in [1.54, 1.807) is 12.1 Å². The Balaban J connectivity index is 2.06. The van der Waals surface area contributed by atoms with Crippen molar-refractivity contribution in [3.05, 3.63) is 29.8 Å². The molecule has 1 fully saturated rings. The smallest absolute Gasteiger partial charge is 0.256 e. The van der Waals surface area contributed by atoms with Crippen molar-refractivity contribution in [2.45, 2.75) is 47.1 Å². The molecule has 5 nitrogen and oxygen atoms in total. The van der Waals surface area contributed by atoms with Gasteiger partial charge in [-0.25, -0.2) is 0 Å². The van der Waals surface area contributed by atoms with E-state index < -0.39 is 5.41 Å². The SMILES string of the molecule is CC(C)COC1CCN(C(=O)c2ccccc2NC(=O)C(C)(C)C)C1. The molecule has 0 radical (unpaired) electrons. The third-order valence-electron chi connectivity index (χ3n) is 4.18. The maximum absolute atomic E-state index is 12.9. The lowest BCUT2D eigenvalue weighted by Crippen LogP contribution is -2.32. The van der Waals surface area contributed by atoms with Gasteiger partial charge in [0.05, 0.1) is 17.4 Å². The van der Waals surface area contributed by atoms with E-state index in [1.165, 1.54) is 0 Å². The Morgan fingerprint density at radius 1 is 1.28 bits per heavy atom. The molecular formula is C20H30N2O3. The molecule has 1 aromatic rings. The summed E-state index contributed by atoms with van der Waals surface area (Å²) < 4.78 is 5.86. The molecule has 0 saturated carbocycles. The Hall–Kier alpha value is -1.88. The molecule has 1 N–H and O–H groups in total. The first-order chi connectivity index (χ1) is 11.7. The van der Waals surface area contributed by atoms with Gasteiger partial charge in [-0.3, -0.25) is 9.59 Å². The quantitative estimate of drug-likeness (QED) is 0.887. The van der Waals surface area contributed by atoms with Crippen LogP contribution in [0.25, 0.3) is 0 Å². The lowest BCUT2D eigenvalue weighted by atomic mass is 9.95. The van der Waals surface area contributed by atoms with Crippen LogP contribution in [-0.2, 0) is 9.53 Å². The number of nitrogens with zero attached hydrogens (tertiary/aromatic N) is 1. The summed E-state index contributed by atoms with van der Waals surface area (Å²) in [7, 11) is 0. The first-order valence-electron chi connectivity index (χ1n) is 9.00. The number of carbonyl (C=O) groups excluding carboxylic acids is 2. The number of benzene rings is 1. The fraction of sp³-hybridized carbons (Fsp3) is 0.600. The highest BCUT2D eigenvalue weighted by Gasteiger charge is 2.29. The molecular weight excluding hydrogens is 316 g/mol. The molecule has 5 heteroatoms. The highest BCUT2D eigenvalue weighted by molar-refractivity contribution is 6.04. The Kier molecular flexibility index (Phi) is 6.22. The molecule has 1 aliphatic heterocycles. The van der Waals surface area contributed by atoms with Crippen molar-refractivity contribution in [2.75, 3.05) is 25.0 Å². The van der Waals surface area contributed by atoms with E-state index in [-0.39, 0.29) is 17.9 Å². The number of nitrogens with one attached hydrogen (secondary N) is 1. The summed E-state index contributed by atoms with van der Waals surface area (Å²) in [6.45, 7) is 11.8. The highest BCUT2D eigenvalue weighted by atomic mass is 16.5. The van der Waals surface area contributed by atoms with Gasteiger partial charge in [0.1, 0.15) is 0 Å². The number of para-hydroxylation sites is 1. The zero-order chi connectivity index (χ0) is 18.6. The van der Waals surface area contributed by atoms with Gasteiger partial charge >= 0.3 is 0 Å². The van der Waals surface area contributed by atoms with E-state index >= 15 is 0 Å². The molecule has 1 heterocycles. The summed E-state index contributed by atoms with van der Waals surface area (Å²) in [5, 5.41) is 2.89. The molecule has 0 aliphatic carbocycles. The van der Waals surface area contributed by atoms with Crippen LogP contribution in [0.15, 0.2) is 24.3 Å². The Morgan fingerprint density at radius 2 is 1.96 bits per heavy atom. The topological polar surface area (TPSA) is 58.6 Å². The molecule has 2 amide bonds. The van der Waals surface area contributed by atoms with Gasteiger partial charge in [-0.2, -0.15) is 0 Å². The van der Waals surface area contributed by atoms with E-state index in [4.69, 9.17) is 4.74 Å². The van der Waals surface area contributed by atoms with Crippen LogP contribution in [0.3, 0.4) is 0 Å². The Morgan fingerprint density at radius 3 is 2.60 bits per heavy atom. The van der Waals surface area contributed by atoms with Gasteiger partial charge in [0.2, 0.25) is 5.91 Å². The zero-order valence-electron chi connectivity index (χ0n) is 16.0. The summed E-state index contributed by atoms with van der Waals surface area (Å²) in [5.74, 6) is 0.325. The third kappa shape index (κ3) is 5.30. The van der Waals surface area contributed by atoms with Crippen LogP contribution >= 0.6 is 0 Å². The van der Waals surface area contributed by atoms with E-state index in [0.29, 0.717) is 36.9 Å². The molecule has 1 aliphatic rings. The van der Waals surface area contributed by atoms with Crippen LogP contribution in [0.4, 0.5) is 5.69 Å². The number of anilines is 1. The molecule has 2 rings (SSSR count). The van der Waals surface area contributed by atoms with Crippen molar-refractivity contribution in [1.82, 2.24) is 4.90 Å². The van der Waals surface area contributed by atoms with E-state index in [0.717, 1.165) is 6.42 Å². The molecule has 1 atom stereocenters. The van der Waals surface area contributed by atoms with E-state index in [1.807, 2.05) is 37.8 Å². The second-order valence-corrected chi connectivity index (χ2v) is 8.14. The van der Waals surface area contributed by atoms with Crippen LogP contribution in [-0.4, -0.2) is 42.5 Å². The van der Waals surface area contributed by atoms with Crippen molar-refractivity contribution < 1.29 is 14.3 Å². The minimum absolute atomic E-state index is 0.0551. The maximum Gasteiger partial charge on any atom is 0.256 e. The maximum atomic E-state index is 12.9. The number of hydrogen-bond donors (Lipinski definition) is 1. The first-order valence-corrected chi connectivity index (χ1v) is 9.00. The second-order valence-electron chi connectivity index (χ2n) is 8.14. The molecule has 0 aromatic heterocycles. The lowest BCUT2D eigenvalue weighted by Gasteiger charge is -2.21. The number of carbonyl (C=O) groups is 2. The number of amides is 2. The number of ether oxygens (including phenoxy) is 1. The molecule has 25 heavy (non-hydrogen) atoms. The molecule has 1 aromatic carbocycles. The average Bonchev–Trinajstić information content (AvgIpc) is 3.01. The minimum Gasteiger partial charge on any atom is -0.376 e. The number of rotatable bonds is 5. The summed E-state index contributed by atoms with van der Waals surface area (Å²) in [6.07, 6.45) is 0.956. The van der Waals surface area contributed by atoms with Gasteiger partial charge < -0.3 is 15.0 Å². The Labute approximate surface area is 150 Å². The molecule has 1 unspecified atom stereocenters. The zero-order valence-corrected chi connectivity index (χ0v) is 16.0. The summed E-state index contributed by atoms with van der Waals surface area (Å²) in [4.78, 5) is 27.0. The molecule has 1 saturated heterocycles. The van der Waals surface area contributed by atoms with Crippen molar-refractivity contribution in [1.29, 1.82) is 0 Å².